The van der Waals surface area contributed by atoms with Crippen LogP contribution in [0.4, 0.5) is 0 Å². The molecule has 0 radical (unpaired) electrons. The topological polar surface area (TPSA) is 67.9 Å². The van der Waals surface area contributed by atoms with Crippen LogP contribution in [0.2, 0.25) is 0 Å². The van der Waals surface area contributed by atoms with Crippen molar-refractivity contribution in [3.05, 3.63) is 23.8 Å². The summed E-state index contributed by atoms with van der Waals surface area (Å²) in [7, 11) is 4.86. The first-order valence-corrected chi connectivity index (χ1v) is 7.73. The summed E-state index contributed by atoms with van der Waals surface area (Å²) in [6.07, 6.45) is 2.18. The molecule has 0 aliphatic rings. The van der Waals surface area contributed by atoms with Crippen LogP contribution >= 0.6 is 0 Å². The van der Waals surface area contributed by atoms with E-state index in [0.29, 0.717) is 18.0 Å². The fourth-order valence-electron chi connectivity index (χ4n) is 2.07. The first-order chi connectivity index (χ1) is 11.0. The van der Waals surface area contributed by atoms with Gasteiger partial charge in [-0.25, -0.2) is 0 Å². The van der Waals surface area contributed by atoms with Crippen LogP contribution < -0.4 is 14.8 Å². The van der Waals surface area contributed by atoms with E-state index in [0.717, 1.165) is 18.4 Å². The average molecular weight is 322 g/mol. The van der Waals surface area contributed by atoms with Gasteiger partial charge in [0.15, 0.2) is 11.5 Å². The van der Waals surface area contributed by atoms with Gasteiger partial charge in [-0.2, -0.15) is 0 Å². The molecule has 0 heterocycles. The van der Waals surface area contributed by atoms with Crippen LogP contribution in [0.1, 0.15) is 25.3 Å². The van der Waals surface area contributed by atoms with Crippen LogP contribution in [0, 0.1) is 0 Å². The molecule has 6 heteroatoms. The Bertz CT molecular complexity index is 531. The number of nitrogens with zero attached hydrogens (tertiary/aromatic N) is 1. The van der Waals surface area contributed by atoms with Gasteiger partial charge < -0.3 is 19.7 Å². The zero-order valence-corrected chi connectivity index (χ0v) is 14.3. The SMILES string of the molecule is CCCCN(C)C(=O)CNC(=O)Cc1ccc(OC)c(OC)c1. The molecule has 0 aliphatic heterocycles. The van der Waals surface area contributed by atoms with E-state index in [1.54, 1.807) is 44.4 Å². The van der Waals surface area contributed by atoms with E-state index in [9.17, 15) is 9.59 Å². The lowest BCUT2D eigenvalue weighted by Crippen LogP contribution is -2.39. The Labute approximate surface area is 137 Å². The van der Waals surface area contributed by atoms with Crippen LogP contribution in [0.5, 0.6) is 11.5 Å². The predicted molar refractivity (Wildman–Crippen MR) is 88.8 cm³/mol. The molecule has 0 aromatic heterocycles. The lowest BCUT2D eigenvalue weighted by Gasteiger charge is -2.17. The van der Waals surface area contributed by atoms with Crippen molar-refractivity contribution in [1.82, 2.24) is 10.2 Å². The molecule has 6 nitrogen and oxygen atoms in total. The minimum Gasteiger partial charge on any atom is -0.493 e. The first-order valence-electron chi connectivity index (χ1n) is 7.73. The lowest BCUT2D eigenvalue weighted by atomic mass is 10.1. The normalized spacial score (nSPS) is 10.1. The van der Waals surface area contributed by atoms with Gasteiger partial charge in [-0.15, -0.1) is 0 Å². The Kier molecular flexibility index (Phi) is 7.94. The number of unbranched alkanes of at least 4 members (excludes halogenated alkanes) is 1. The summed E-state index contributed by atoms with van der Waals surface area (Å²) in [5.74, 6) is 0.908. The minimum absolute atomic E-state index is 0.0202. The average Bonchev–Trinajstić information content (AvgIpc) is 2.57. The summed E-state index contributed by atoms with van der Waals surface area (Å²) < 4.78 is 10.4. The van der Waals surface area contributed by atoms with Crippen molar-refractivity contribution >= 4 is 11.8 Å². The van der Waals surface area contributed by atoms with Crippen LogP contribution in [0.3, 0.4) is 0 Å². The van der Waals surface area contributed by atoms with Crippen molar-refractivity contribution in [1.29, 1.82) is 0 Å². The van der Waals surface area contributed by atoms with Crippen molar-refractivity contribution in [3.63, 3.8) is 0 Å². The third kappa shape index (κ3) is 6.18. The summed E-state index contributed by atoms with van der Waals surface area (Å²) in [6.45, 7) is 2.80. The van der Waals surface area contributed by atoms with Gasteiger partial charge >= 0.3 is 0 Å². The zero-order valence-electron chi connectivity index (χ0n) is 14.3. The summed E-state index contributed by atoms with van der Waals surface area (Å²) in [4.78, 5) is 25.5. The second-order valence-electron chi connectivity index (χ2n) is 5.31. The Morgan fingerprint density at radius 3 is 2.48 bits per heavy atom. The molecule has 2 amide bonds. The molecule has 0 bridgehead atoms. The molecule has 0 aliphatic carbocycles. The number of hydrogen-bond acceptors (Lipinski definition) is 4. The van der Waals surface area contributed by atoms with E-state index >= 15 is 0 Å². The van der Waals surface area contributed by atoms with E-state index < -0.39 is 0 Å². The molecule has 0 atom stereocenters. The van der Waals surface area contributed by atoms with Gasteiger partial charge in [-0.05, 0) is 24.1 Å². The largest absolute Gasteiger partial charge is 0.493 e. The van der Waals surface area contributed by atoms with Crippen molar-refractivity contribution in [2.75, 3.05) is 34.4 Å². The molecule has 23 heavy (non-hydrogen) atoms. The van der Waals surface area contributed by atoms with Gasteiger partial charge in [0.1, 0.15) is 0 Å². The fourth-order valence-corrected chi connectivity index (χ4v) is 2.07. The number of hydrogen-bond donors (Lipinski definition) is 1. The molecule has 1 rings (SSSR count). The monoisotopic (exact) mass is 322 g/mol. The zero-order chi connectivity index (χ0) is 17.2. The second kappa shape index (κ2) is 9.71. The van der Waals surface area contributed by atoms with E-state index in [-0.39, 0.29) is 24.8 Å². The predicted octanol–water partition coefficient (Wildman–Crippen LogP) is 1.62. The maximum Gasteiger partial charge on any atom is 0.241 e. The van der Waals surface area contributed by atoms with Crippen molar-refractivity contribution < 1.29 is 19.1 Å². The summed E-state index contributed by atoms with van der Waals surface area (Å²) in [5, 5.41) is 2.65. The van der Waals surface area contributed by atoms with Gasteiger partial charge in [0.25, 0.3) is 0 Å². The molecule has 0 saturated carbocycles. The molecule has 0 fully saturated rings. The molecule has 0 saturated heterocycles. The molecule has 1 N–H and O–H groups in total. The molecule has 1 aromatic carbocycles. The third-order valence-corrected chi connectivity index (χ3v) is 3.52. The van der Waals surface area contributed by atoms with Gasteiger partial charge in [-0.3, -0.25) is 9.59 Å². The Balaban J connectivity index is 2.49. The molecule has 0 spiro atoms. The molecule has 128 valence electrons. The number of carbonyl (C=O) groups is 2. The van der Waals surface area contributed by atoms with E-state index in [4.69, 9.17) is 9.47 Å². The Morgan fingerprint density at radius 1 is 1.17 bits per heavy atom. The number of methoxy groups -OCH3 is 2. The highest BCUT2D eigenvalue weighted by molar-refractivity contribution is 5.85. The van der Waals surface area contributed by atoms with E-state index in [1.165, 1.54) is 0 Å². The van der Waals surface area contributed by atoms with Crippen LogP contribution in [-0.4, -0.2) is 51.1 Å². The van der Waals surface area contributed by atoms with Crippen molar-refractivity contribution in [2.45, 2.75) is 26.2 Å². The number of benzene rings is 1. The van der Waals surface area contributed by atoms with Gasteiger partial charge in [0.2, 0.25) is 11.8 Å². The Morgan fingerprint density at radius 2 is 1.87 bits per heavy atom. The highest BCUT2D eigenvalue weighted by Gasteiger charge is 2.11. The fraction of sp³-hybridized carbons (Fsp3) is 0.529. The number of ether oxygens (including phenoxy) is 2. The van der Waals surface area contributed by atoms with E-state index in [2.05, 4.69) is 12.2 Å². The quantitative estimate of drug-likeness (QED) is 0.750. The van der Waals surface area contributed by atoms with Crippen molar-refractivity contribution in [2.24, 2.45) is 0 Å². The van der Waals surface area contributed by atoms with Crippen molar-refractivity contribution in [3.8, 4) is 11.5 Å². The number of carbonyl (C=O) groups excluding carboxylic acids is 2. The lowest BCUT2D eigenvalue weighted by molar-refractivity contribution is -0.131. The maximum atomic E-state index is 12.0. The number of amides is 2. The molecule has 0 unspecified atom stereocenters. The smallest absolute Gasteiger partial charge is 0.241 e. The summed E-state index contributed by atoms with van der Waals surface area (Å²) in [5.41, 5.74) is 0.798. The maximum absolute atomic E-state index is 12.0. The molecular weight excluding hydrogens is 296 g/mol. The van der Waals surface area contributed by atoms with Gasteiger partial charge in [0, 0.05) is 13.6 Å². The van der Waals surface area contributed by atoms with Crippen LogP contribution in [0.25, 0.3) is 0 Å². The highest BCUT2D eigenvalue weighted by Crippen LogP contribution is 2.27. The first kappa shape index (κ1) is 18.8. The summed E-state index contributed by atoms with van der Waals surface area (Å²) >= 11 is 0. The number of rotatable bonds is 9. The highest BCUT2D eigenvalue weighted by atomic mass is 16.5. The molecule has 1 aromatic rings. The molecular formula is C17H26N2O4. The standard InChI is InChI=1S/C17H26N2O4/c1-5-6-9-19(2)17(21)12-18-16(20)11-13-7-8-14(22-3)15(10-13)23-4/h7-8,10H,5-6,9,11-12H2,1-4H3,(H,18,20). The van der Waals surface area contributed by atoms with Crippen LogP contribution in [-0.2, 0) is 16.0 Å². The number of nitrogens with one attached hydrogen (secondary N) is 1. The second-order valence-corrected chi connectivity index (χ2v) is 5.31. The number of likely N-dealkylation sites (N-methyl/N-ethyl adjacent to an activating group) is 1. The van der Waals surface area contributed by atoms with Crippen LogP contribution in [0.15, 0.2) is 18.2 Å². The summed E-state index contributed by atoms with van der Waals surface area (Å²) in [6, 6.07) is 5.31. The minimum atomic E-state index is -0.200. The third-order valence-electron chi connectivity index (χ3n) is 3.52. The van der Waals surface area contributed by atoms with E-state index in [1.807, 2.05) is 0 Å². The van der Waals surface area contributed by atoms with Gasteiger partial charge in [0.05, 0.1) is 27.2 Å². The Hall–Kier alpha value is -2.24. The van der Waals surface area contributed by atoms with Gasteiger partial charge in [-0.1, -0.05) is 19.4 Å².